The average molecular weight is 699 g/mol. The van der Waals surface area contributed by atoms with Crippen LogP contribution in [-0.4, -0.2) is 63.1 Å². The number of ether oxygens (including phenoxy) is 2. The average Bonchev–Trinajstić information content (AvgIpc) is 3.31. The van der Waals surface area contributed by atoms with Crippen LogP contribution >= 0.6 is 50.7 Å². The van der Waals surface area contributed by atoms with Crippen LogP contribution in [0.2, 0.25) is 5.02 Å². The van der Waals surface area contributed by atoms with E-state index in [0.717, 1.165) is 9.80 Å². The summed E-state index contributed by atoms with van der Waals surface area (Å²) in [5, 5.41) is 10.8. The summed E-state index contributed by atoms with van der Waals surface area (Å²) in [5.74, 6) is -5.55. The number of alkyl halides is 3. The maximum Gasteiger partial charge on any atom is 0.254 e. The number of nitrogens with zero attached hydrogens (tertiary/aromatic N) is 2. The molecule has 2 aliphatic heterocycles. The molecule has 2 aromatic rings. The Morgan fingerprint density at radius 1 is 0.976 bits per heavy atom. The van der Waals surface area contributed by atoms with Gasteiger partial charge in [0.05, 0.1) is 37.2 Å². The normalized spacial score (nSPS) is 32.0. The predicted octanol–water partition coefficient (Wildman–Crippen LogP) is 4.98. The Morgan fingerprint density at radius 2 is 1.60 bits per heavy atom. The van der Waals surface area contributed by atoms with E-state index in [-0.39, 0.29) is 47.0 Å². The number of aromatic hydroxyl groups is 1. The Hall–Kier alpha value is -2.79. The first-order valence-corrected chi connectivity index (χ1v) is 15.3. The lowest BCUT2D eigenvalue weighted by molar-refractivity contribution is -0.138. The third-order valence-corrected chi connectivity index (χ3v) is 11.1. The number of rotatable bonds is 5. The van der Waals surface area contributed by atoms with Crippen molar-refractivity contribution in [3.63, 3.8) is 0 Å². The number of allylic oxidation sites excluding steroid dienone is 2. The van der Waals surface area contributed by atoms with Gasteiger partial charge in [0.25, 0.3) is 11.8 Å². The highest BCUT2D eigenvalue weighted by Crippen LogP contribution is 2.67. The van der Waals surface area contributed by atoms with Crippen LogP contribution in [0.15, 0.2) is 48.0 Å². The molecule has 2 saturated heterocycles. The molecule has 6 rings (SSSR count). The van der Waals surface area contributed by atoms with E-state index in [1.807, 2.05) is 6.08 Å². The van der Waals surface area contributed by atoms with Crippen LogP contribution in [0.1, 0.15) is 24.3 Å². The molecule has 6 atom stereocenters. The van der Waals surface area contributed by atoms with Crippen LogP contribution in [0.5, 0.6) is 17.2 Å². The zero-order valence-electron chi connectivity index (χ0n) is 22.3. The molecule has 0 spiro atoms. The molecule has 0 bridgehead atoms. The highest BCUT2D eigenvalue weighted by Gasteiger charge is 2.76. The van der Waals surface area contributed by atoms with Crippen molar-refractivity contribution in [1.82, 2.24) is 4.90 Å². The number of hydrogen-bond acceptors (Lipinski definition) is 7. The number of carbonyl (C=O) groups excluding carboxylic acids is 4. The van der Waals surface area contributed by atoms with Gasteiger partial charge in [-0.25, -0.2) is 0 Å². The highest BCUT2D eigenvalue weighted by molar-refractivity contribution is 9.09. The van der Waals surface area contributed by atoms with E-state index in [1.165, 1.54) is 26.4 Å². The number of hydrogen-bond donors (Lipinski definition) is 1. The largest absolute Gasteiger partial charge is 0.508 e. The van der Waals surface area contributed by atoms with Gasteiger partial charge in [-0.3, -0.25) is 29.0 Å². The fraction of sp³-hybridized carbons (Fsp3) is 0.379. The predicted molar refractivity (Wildman–Crippen MR) is 158 cm³/mol. The second-order valence-corrected chi connectivity index (χ2v) is 12.9. The smallest absolute Gasteiger partial charge is 0.254 e. The number of amides is 4. The van der Waals surface area contributed by atoms with E-state index in [1.54, 1.807) is 24.3 Å². The molecule has 4 aliphatic rings. The molecule has 9 nitrogen and oxygen atoms in total. The summed E-state index contributed by atoms with van der Waals surface area (Å²) in [6, 6.07) is 9.07. The number of anilines is 1. The molecule has 0 radical (unpaired) electrons. The minimum atomic E-state index is -2.05. The van der Waals surface area contributed by atoms with Crippen LogP contribution in [-0.2, 0) is 19.2 Å². The number of imide groups is 2. The van der Waals surface area contributed by atoms with Gasteiger partial charge in [-0.15, -0.1) is 23.2 Å². The number of carbonyl (C=O) groups is 4. The van der Waals surface area contributed by atoms with Crippen LogP contribution in [0.25, 0.3) is 0 Å². The Balaban J connectivity index is 1.57. The molecule has 0 aromatic heterocycles. The minimum absolute atomic E-state index is 0.147. The molecule has 3 fully saturated rings. The second kappa shape index (κ2) is 10.1. The maximum atomic E-state index is 14.1. The van der Waals surface area contributed by atoms with Crippen molar-refractivity contribution in [3.05, 3.63) is 58.6 Å². The number of methoxy groups -OCH3 is 2. The third-order valence-electron chi connectivity index (χ3n) is 8.92. The van der Waals surface area contributed by atoms with Gasteiger partial charge in [-0.05, 0) is 43.0 Å². The molecule has 220 valence electrons. The zero-order chi connectivity index (χ0) is 30.3. The van der Waals surface area contributed by atoms with Crippen LogP contribution in [0, 0.1) is 17.8 Å². The van der Waals surface area contributed by atoms with Crippen molar-refractivity contribution < 1.29 is 33.8 Å². The Bertz CT molecular complexity index is 1560. The van der Waals surface area contributed by atoms with Gasteiger partial charge < -0.3 is 14.6 Å². The summed E-state index contributed by atoms with van der Waals surface area (Å²) in [6.07, 6.45) is 1.84. The molecule has 2 aromatic carbocycles. The number of phenolic OH excluding ortho intramolecular Hbond substituents is 1. The SMILES string of the molecule is COc1cc(O)cc(OC)c1[C@H]1C2=CC[C@@H]3C(=O)N(c4ccc(Cl)cc4)C(=O)[C@@H]3[C@@H]2C[C@@]2(Cl)C(=O)N(CBr)C(=O)[C@@]12Cl. The monoisotopic (exact) mass is 696 g/mol. The number of fused-ring (bicyclic) bond motifs is 4. The lowest BCUT2D eigenvalue weighted by Crippen LogP contribution is -2.60. The van der Waals surface area contributed by atoms with Crippen LogP contribution in [0.4, 0.5) is 5.69 Å². The minimum Gasteiger partial charge on any atom is -0.508 e. The van der Waals surface area contributed by atoms with Crippen molar-refractivity contribution in [1.29, 1.82) is 0 Å². The van der Waals surface area contributed by atoms with E-state index in [2.05, 4.69) is 15.9 Å². The van der Waals surface area contributed by atoms with Crippen molar-refractivity contribution in [2.75, 3.05) is 24.6 Å². The van der Waals surface area contributed by atoms with Crippen molar-refractivity contribution in [3.8, 4) is 17.2 Å². The molecule has 4 amide bonds. The van der Waals surface area contributed by atoms with Crippen molar-refractivity contribution in [2.45, 2.75) is 28.5 Å². The fourth-order valence-corrected chi connectivity index (χ4v) is 8.66. The molecule has 1 saturated carbocycles. The van der Waals surface area contributed by atoms with Gasteiger partial charge in [0.1, 0.15) is 17.2 Å². The van der Waals surface area contributed by atoms with E-state index >= 15 is 0 Å². The van der Waals surface area contributed by atoms with E-state index in [9.17, 15) is 24.3 Å². The second-order valence-electron chi connectivity index (χ2n) is 10.7. The van der Waals surface area contributed by atoms with Crippen LogP contribution in [0.3, 0.4) is 0 Å². The fourth-order valence-electron chi connectivity index (χ4n) is 7.12. The van der Waals surface area contributed by atoms with Crippen molar-refractivity contribution in [2.24, 2.45) is 17.8 Å². The zero-order valence-corrected chi connectivity index (χ0v) is 26.1. The first kappa shape index (κ1) is 29.3. The quantitative estimate of drug-likeness (QED) is 0.203. The van der Waals surface area contributed by atoms with Gasteiger partial charge in [0, 0.05) is 28.6 Å². The third kappa shape index (κ3) is 3.74. The van der Waals surface area contributed by atoms with Crippen LogP contribution < -0.4 is 14.4 Å². The number of benzene rings is 2. The van der Waals surface area contributed by atoms with E-state index in [0.29, 0.717) is 16.3 Å². The number of likely N-dealkylation sites (tertiary alicyclic amines) is 1. The summed E-state index contributed by atoms with van der Waals surface area (Å²) in [5.41, 5.74) is 1.09. The van der Waals surface area contributed by atoms with E-state index in [4.69, 9.17) is 44.3 Å². The van der Waals surface area contributed by atoms with E-state index < -0.39 is 51.1 Å². The highest BCUT2D eigenvalue weighted by atomic mass is 79.9. The summed E-state index contributed by atoms with van der Waals surface area (Å²) >= 11 is 23.8. The Morgan fingerprint density at radius 3 is 2.17 bits per heavy atom. The number of halogens is 4. The van der Waals surface area contributed by atoms with Gasteiger partial charge in [-0.2, -0.15) is 0 Å². The summed E-state index contributed by atoms with van der Waals surface area (Å²) in [6.45, 7) is 0. The molecular formula is C29H24BrCl3N2O7. The van der Waals surface area contributed by atoms with Gasteiger partial charge >= 0.3 is 0 Å². The molecule has 2 heterocycles. The molecule has 13 heteroatoms. The van der Waals surface area contributed by atoms with Gasteiger partial charge in [0.15, 0.2) is 9.75 Å². The van der Waals surface area contributed by atoms with Crippen molar-refractivity contribution >= 4 is 80.0 Å². The van der Waals surface area contributed by atoms with Gasteiger partial charge in [-0.1, -0.05) is 39.2 Å². The molecular weight excluding hydrogens is 675 g/mol. The van der Waals surface area contributed by atoms with Gasteiger partial charge in [0.2, 0.25) is 11.8 Å². The molecule has 42 heavy (non-hydrogen) atoms. The number of phenols is 1. The lowest BCUT2D eigenvalue weighted by atomic mass is 9.56. The topological polar surface area (TPSA) is 113 Å². The standard InChI is InChI=1S/C29H24BrCl3N2O7/c1-41-19-9-15(36)10-20(42-2)22(19)23-16-7-8-17-21(25(38)35(24(17)37)14-5-3-13(31)4-6-14)18(16)11-28(32)26(39)34(12-30)27(40)29(23,28)33/h3-7,9-10,17-18,21,23,36H,8,11-12H2,1-2H3/t17-,18+,21-,23+,28+,29-/m0/s1. The maximum absolute atomic E-state index is 14.1. The summed E-state index contributed by atoms with van der Waals surface area (Å²) in [7, 11) is 2.77. The molecule has 1 N–H and O–H groups in total. The molecule has 0 unspecified atom stereocenters. The summed E-state index contributed by atoms with van der Waals surface area (Å²) < 4.78 is 11.2. The first-order valence-electron chi connectivity index (χ1n) is 13.0. The Labute approximate surface area is 264 Å². The Kier molecular flexibility index (Phi) is 7.08. The first-order chi connectivity index (χ1) is 19.9. The summed E-state index contributed by atoms with van der Waals surface area (Å²) in [4.78, 5) is 53.7. The molecule has 2 aliphatic carbocycles. The lowest BCUT2D eigenvalue weighted by Gasteiger charge is -2.51.